The normalized spacial score (nSPS) is 15.8. The Hall–Kier alpha value is -2.38. The molecule has 0 radical (unpaired) electrons. The van der Waals surface area contributed by atoms with Gasteiger partial charge in [-0.2, -0.15) is 13.9 Å². The molecule has 1 aliphatic heterocycles. The van der Waals surface area contributed by atoms with Crippen molar-refractivity contribution in [2.24, 2.45) is 0 Å². The fourth-order valence-electron chi connectivity index (χ4n) is 3.58. The maximum Gasteiger partial charge on any atom is 0.501 e. The van der Waals surface area contributed by atoms with Crippen LogP contribution in [0.5, 0.6) is 0 Å². The second kappa shape index (κ2) is 6.35. The minimum absolute atomic E-state index is 0.154. The number of anilines is 1. The molecule has 7 heteroatoms. The highest BCUT2D eigenvalue weighted by Crippen LogP contribution is 2.39. The molecule has 27 heavy (non-hydrogen) atoms. The molecule has 4 rings (SSSR count). The Balaban J connectivity index is 2.00. The summed E-state index contributed by atoms with van der Waals surface area (Å²) < 4.78 is 14.8. The molecule has 0 atom stereocenters. The summed E-state index contributed by atoms with van der Waals surface area (Å²) in [6.45, 7) is 11.4. The van der Waals surface area contributed by atoms with Crippen molar-refractivity contribution in [2.45, 2.75) is 52.5 Å². The molecule has 3 aromatic heterocycles. The Kier molecular flexibility index (Phi) is 4.24. The summed E-state index contributed by atoms with van der Waals surface area (Å²) in [5.41, 5.74) is 8.23. The van der Waals surface area contributed by atoms with E-state index in [1.54, 1.807) is 26.7 Å². The Morgan fingerprint density at radius 3 is 2.93 bits per heavy atom. The highest BCUT2D eigenvalue weighted by atomic mass is 32.1. The molecule has 1 aliphatic rings. The summed E-state index contributed by atoms with van der Waals surface area (Å²) in [7, 11) is 0. The van der Waals surface area contributed by atoms with Gasteiger partial charge in [-0.05, 0) is 44.0 Å². The fourth-order valence-corrected chi connectivity index (χ4v) is 4.82. The monoisotopic (exact) mass is 386 g/mol. The number of rotatable bonds is 4. The van der Waals surface area contributed by atoms with Crippen molar-refractivity contribution in [1.82, 2.24) is 4.57 Å². The number of nitrogens with zero attached hydrogens (tertiary/aromatic N) is 2. The maximum atomic E-state index is 13.2. The van der Waals surface area contributed by atoms with E-state index in [-0.39, 0.29) is 11.3 Å². The first-order valence-electron chi connectivity index (χ1n) is 8.94. The Morgan fingerprint density at radius 2 is 2.26 bits per heavy atom. The number of hydrogen-bond donors (Lipinski definition) is 1. The van der Waals surface area contributed by atoms with Crippen molar-refractivity contribution in [3.05, 3.63) is 57.2 Å². The lowest BCUT2D eigenvalue weighted by Gasteiger charge is -2.29. The summed E-state index contributed by atoms with van der Waals surface area (Å²) in [6.07, 6.45) is 2.36. The van der Waals surface area contributed by atoms with Gasteiger partial charge in [0, 0.05) is 11.3 Å². The van der Waals surface area contributed by atoms with E-state index in [1.165, 1.54) is 5.56 Å². The summed E-state index contributed by atoms with van der Waals surface area (Å²) in [6, 6.07) is 3.66. The minimum atomic E-state index is -0.255. The van der Waals surface area contributed by atoms with Crippen molar-refractivity contribution in [3.63, 3.8) is 0 Å². The molecule has 0 aliphatic carbocycles. The number of allylic oxidation sites excluding steroid dienone is 1. The van der Waals surface area contributed by atoms with Gasteiger partial charge in [0.15, 0.2) is 11.4 Å². The number of ether oxygens (including phenoxy) is 1. The average molecular weight is 386 g/mol. The van der Waals surface area contributed by atoms with E-state index in [0.717, 1.165) is 27.1 Å². The third-order valence-corrected chi connectivity index (χ3v) is 6.07. The van der Waals surface area contributed by atoms with E-state index in [9.17, 15) is 4.79 Å². The van der Waals surface area contributed by atoms with E-state index >= 15 is 0 Å². The lowest BCUT2D eigenvalue weighted by atomic mass is 9.94. The topological polar surface area (TPSA) is 74.3 Å². The van der Waals surface area contributed by atoms with Crippen LogP contribution in [0.2, 0.25) is 0 Å². The van der Waals surface area contributed by atoms with Crippen LogP contribution >= 0.6 is 11.3 Å². The van der Waals surface area contributed by atoms with E-state index < -0.39 is 0 Å². The van der Waals surface area contributed by atoms with Gasteiger partial charge in [0.25, 0.3) is 0 Å². The van der Waals surface area contributed by atoms with Crippen LogP contribution < -0.4 is 16.0 Å². The van der Waals surface area contributed by atoms with Gasteiger partial charge in [-0.1, -0.05) is 17.9 Å². The zero-order chi connectivity index (χ0) is 19.3. The lowest BCUT2D eigenvalue weighted by Crippen LogP contribution is -2.55. The predicted octanol–water partition coefficient (Wildman–Crippen LogP) is 3.00. The van der Waals surface area contributed by atoms with Crippen molar-refractivity contribution in [2.75, 3.05) is 5.73 Å². The van der Waals surface area contributed by atoms with Crippen LogP contribution in [0.4, 0.5) is 5.82 Å². The van der Waals surface area contributed by atoms with E-state index in [4.69, 9.17) is 14.9 Å². The van der Waals surface area contributed by atoms with E-state index in [2.05, 4.69) is 20.4 Å². The van der Waals surface area contributed by atoms with Gasteiger partial charge in [-0.3, -0.25) is 0 Å². The number of thiophene rings is 1. The molecule has 0 bridgehead atoms. The Bertz CT molecular complexity index is 1090. The number of nitrogen functional groups attached to an aromatic ring is 1. The Morgan fingerprint density at radius 1 is 1.48 bits per heavy atom. The largest absolute Gasteiger partial charge is 0.501 e. The number of hydrogen-bond acceptors (Lipinski definition) is 5. The third kappa shape index (κ3) is 3.11. The number of aromatic nitrogens is 2. The summed E-state index contributed by atoms with van der Waals surface area (Å²) >= 11 is 1.59. The molecule has 0 saturated carbocycles. The molecule has 2 N–H and O–H groups in total. The molecule has 142 valence electrons. The molecule has 0 aromatic carbocycles. The van der Waals surface area contributed by atoms with Crippen molar-refractivity contribution in [3.8, 4) is 0 Å². The fraction of sp³-hybridized carbons (Fsp3) is 0.400. The Labute approximate surface area is 161 Å². The zero-order valence-electron chi connectivity index (χ0n) is 15.9. The predicted molar refractivity (Wildman–Crippen MR) is 106 cm³/mol. The standard InChI is InChI=1S/C20H23N3O3S/c1-12(2)9-23-18-16(14-8-20(3,4)26-11-15(14)27-18)17(21)22(19(23)24)10-13-6-5-7-25-13/h5-7,21H,1,8-11H2,2-4H3/p+1. The molecule has 4 heterocycles. The van der Waals surface area contributed by atoms with Gasteiger partial charge in [0.05, 0.1) is 18.5 Å². The molecule has 0 amide bonds. The van der Waals surface area contributed by atoms with Crippen molar-refractivity contribution in [1.29, 1.82) is 0 Å². The minimum Gasteiger partial charge on any atom is -0.465 e. The van der Waals surface area contributed by atoms with Gasteiger partial charge in [0.2, 0.25) is 5.82 Å². The van der Waals surface area contributed by atoms with Crippen LogP contribution in [0, 0.1) is 0 Å². The maximum absolute atomic E-state index is 13.2. The molecular formula is C20H24N3O3S+. The molecule has 6 nitrogen and oxygen atoms in total. The molecule has 3 aromatic rings. The second-order valence-corrected chi connectivity index (χ2v) is 8.87. The first-order chi connectivity index (χ1) is 12.8. The van der Waals surface area contributed by atoms with Gasteiger partial charge >= 0.3 is 5.69 Å². The molecule has 0 unspecified atom stereocenters. The third-order valence-electron chi connectivity index (χ3n) is 4.84. The van der Waals surface area contributed by atoms with Crippen LogP contribution in [0.15, 0.2) is 39.8 Å². The van der Waals surface area contributed by atoms with Gasteiger partial charge in [0.1, 0.15) is 17.7 Å². The van der Waals surface area contributed by atoms with E-state index in [1.807, 2.05) is 19.1 Å². The highest BCUT2D eigenvalue weighted by molar-refractivity contribution is 7.18. The average Bonchev–Trinajstić information content (AvgIpc) is 3.21. The number of nitrogens with two attached hydrogens (primary N) is 1. The van der Waals surface area contributed by atoms with Crippen LogP contribution in [0.25, 0.3) is 10.2 Å². The smallest absolute Gasteiger partial charge is 0.465 e. The highest BCUT2D eigenvalue weighted by Gasteiger charge is 2.34. The van der Waals surface area contributed by atoms with E-state index in [0.29, 0.717) is 31.3 Å². The van der Waals surface area contributed by atoms with Crippen LogP contribution in [0.1, 0.15) is 37.0 Å². The summed E-state index contributed by atoms with van der Waals surface area (Å²) in [5, 5.41) is 0.957. The van der Waals surface area contributed by atoms with Crippen molar-refractivity contribution < 1.29 is 13.7 Å². The summed E-state index contributed by atoms with van der Waals surface area (Å²) in [4.78, 5) is 15.3. The first kappa shape index (κ1) is 18.0. The first-order valence-corrected chi connectivity index (χ1v) is 9.75. The SMILES string of the molecule is C=C(C)C[n+]1c(=O)n(Cc2ccco2)c(N)c2c3c(sc21)COC(C)(C)C3. The van der Waals surface area contributed by atoms with Gasteiger partial charge in [-0.15, -0.1) is 0 Å². The molecule has 0 fully saturated rings. The van der Waals surface area contributed by atoms with Crippen LogP contribution in [-0.4, -0.2) is 10.2 Å². The van der Waals surface area contributed by atoms with Crippen LogP contribution in [0.3, 0.4) is 0 Å². The number of fused-ring (bicyclic) bond motifs is 3. The zero-order valence-corrected chi connectivity index (χ0v) is 16.7. The molecule has 0 spiro atoms. The number of furan rings is 1. The lowest BCUT2D eigenvalue weighted by molar-refractivity contribution is -0.680. The summed E-state index contributed by atoms with van der Waals surface area (Å²) in [5.74, 6) is 1.18. The quantitative estimate of drug-likeness (QED) is 0.553. The van der Waals surface area contributed by atoms with Gasteiger partial charge in [-0.25, -0.2) is 0 Å². The van der Waals surface area contributed by atoms with Gasteiger partial charge < -0.3 is 14.9 Å². The van der Waals surface area contributed by atoms with Crippen molar-refractivity contribution >= 4 is 27.4 Å². The molecule has 0 saturated heterocycles. The second-order valence-electron chi connectivity index (χ2n) is 7.79. The van der Waals surface area contributed by atoms with Crippen LogP contribution in [-0.2, 0) is 30.9 Å². The molecular weight excluding hydrogens is 362 g/mol.